The Balaban J connectivity index is 1.54. The standard InChI is InChI=1S/C42H54BrN3O7/c1-6-9-17-24-45(23-8-3)40(50)38-42-26-32(43)37(53-42)34(35(42)39(49)46(38)31(27-47)25-29-18-13-11-14-19-29)41(51)52-36(30-20-15-12-16-21-30)28(4)44(5)33(48)22-10-7-2/h7-8,11-16,18-21,28,31-32,34-38,47H,2-3,6,9-10,17,22-27H2,1,4-5H3/t28-,31+,32?,34-,35+,36+,37-,38-,42+/m0/s1. The van der Waals surface area contributed by atoms with Gasteiger partial charge in [0, 0.05) is 31.4 Å². The number of hydrogen-bond acceptors (Lipinski definition) is 7. The van der Waals surface area contributed by atoms with Gasteiger partial charge in [0.25, 0.3) is 0 Å². The molecule has 0 aliphatic carbocycles. The van der Waals surface area contributed by atoms with Gasteiger partial charge in [-0.2, -0.15) is 0 Å². The number of ether oxygens (including phenoxy) is 2. The minimum absolute atomic E-state index is 0.114. The van der Waals surface area contributed by atoms with Gasteiger partial charge in [0.1, 0.15) is 17.7 Å². The summed E-state index contributed by atoms with van der Waals surface area (Å²) in [6.45, 7) is 11.9. The van der Waals surface area contributed by atoms with Gasteiger partial charge in [0.15, 0.2) is 0 Å². The lowest BCUT2D eigenvalue weighted by Crippen LogP contribution is -2.59. The van der Waals surface area contributed by atoms with Crippen molar-refractivity contribution in [3.63, 3.8) is 0 Å². The molecule has 0 saturated carbocycles. The maximum Gasteiger partial charge on any atom is 0.313 e. The summed E-state index contributed by atoms with van der Waals surface area (Å²) in [5.74, 6) is -3.49. The highest BCUT2D eigenvalue weighted by Crippen LogP contribution is 2.61. The van der Waals surface area contributed by atoms with E-state index in [-0.39, 0.29) is 36.2 Å². The average Bonchev–Trinajstić information content (AvgIpc) is 3.77. The molecule has 0 aromatic heterocycles. The van der Waals surface area contributed by atoms with E-state index in [1.807, 2.05) is 67.6 Å². The molecule has 2 bridgehead atoms. The molecule has 3 saturated heterocycles. The quantitative estimate of drug-likeness (QED) is 0.0848. The molecule has 53 heavy (non-hydrogen) atoms. The highest BCUT2D eigenvalue weighted by Gasteiger charge is 2.77. The Morgan fingerprint density at radius 3 is 2.40 bits per heavy atom. The van der Waals surface area contributed by atoms with Crippen LogP contribution in [0.3, 0.4) is 0 Å². The maximum absolute atomic E-state index is 15.0. The van der Waals surface area contributed by atoms with Gasteiger partial charge >= 0.3 is 5.97 Å². The first-order valence-corrected chi connectivity index (χ1v) is 19.8. The molecule has 9 atom stereocenters. The minimum atomic E-state index is -1.34. The van der Waals surface area contributed by atoms with Crippen molar-refractivity contribution in [2.75, 3.05) is 26.7 Å². The topological polar surface area (TPSA) is 117 Å². The molecule has 286 valence electrons. The third-order valence-electron chi connectivity index (χ3n) is 11.2. The summed E-state index contributed by atoms with van der Waals surface area (Å²) in [6, 6.07) is 16.4. The van der Waals surface area contributed by atoms with Gasteiger partial charge in [-0.1, -0.05) is 109 Å². The van der Waals surface area contributed by atoms with Crippen molar-refractivity contribution < 1.29 is 33.8 Å². The summed E-state index contributed by atoms with van der Waals surface area (Å²) in [5, 5.41) is 10.9. The van der Waals surface area contributed by atoms with Crippen LogP contribution < -0.4 is 0 Å². The van der Waals surface area contributed by atoms with Crippen LogP contribution in [0.4, 0.5) is 0 Å². The fourth-order valence-corrected chi connectivity index (χ4v) is 9.39. The molecule has 1 unspecified atom stereocenters. The number of carbonyl (C=O) groups is 4. The van der Waals surface area contributed by atoms with E-state index in [9.17, 15) is 24.3 Å². The monoisotopic (exact) mass is 791 g/mol. The number of alkyl halides is 1. The number of esters is 1. The fourth-order valence-electron chi connectivity index (χ4n) is 8.44. The molecule has 3 amide bonds. The Hall–Kier alpha value is -3.80. The van der Waals surface area contributed by atoms with Crippen LogP contribution in [0.25, 0.3) is 0 Å². The van der Waals surface area contributed by atoms with Crippen molar-refractivity contribution in [1.82, 2.24) is 14.7 Å². The highest BCUT2D eigenvalue weighted by molar-refractivity contribution is 9.09. The number of rotatable bonds is 19. The zero-order chi connectivity index (χ0) is 38.3. The lowest BCUT2D eigenvalue weighted by atomic mass is 9.70. The van der Waals surface area contributed by atoms with Gasteiger partial charge in [-0.15, -0.1) is 13.2 Å². The number of amides is 3. The fraction of sp³-hybridized carbons (Fsp3) is 0.524. The molecule has 2 aromatic rings. The zero-order valence-corrected chi connectivity index (χ0v) is 32.7. The van der Waals surface area contributed by atoms with E-state index in [4.69, 9.17) is 9.47 Å². The molecule has 10 nitrogen and oxygen atoms in total. The largest absolute Gasteiger partial charge is 0.455 e. The maximum atomic E-state index is 15.0. The third-order valence-corrected chi connectivity index (χ3v) is 12.1. The van der Waals surface area contributed by atoms with Gasteiger partial charge < -0.3 is 29.3 Å². The number of unbranched alkanes of at least 4 members (excludes halogenated alkanes) is 2. The van der Waals surface area contributed by atoms with Gasteiger partial charge in [0.05, 0.1) is 36.6 Å². The van der Waals surface area contributed by atoms with Crippen LogP contribution in [0.5, 0.6) is 0 Å². The highest BCUT2D eigenvalue weighted by atomic mass is 79.9. The first-order valence-electron chi connectivity index (χ1n) is 18.8. The van der Waals surface area contributed by atoms with Crippen LogP contribution in [-0.2, 0) is 35.1 Å². The average molecular weight is 793 g/mol. The number of likely N-dealkylation sites (tertiary alicyclic amines) is 1. The van der Waals surface area contributed by atoms with Crippen LogP contribution in [0, 0.1) is 11.8 Å². The summed E-state index contributed by atoms with van der Waals surface area (Å²) >= 11 is 3.77. The normalized spacial score (nSPS) is 26.0. The number of nitrogens with zero attached hydrogens (tertiary/aromatic N) is 3. The first kappa shape index (κ1) is 40.4. The number of benzene rings is 2. The number of carbonyl (C=O) groups excluding carboxylic acids is 4. The second kappa shape index (κ2) is 18.0. The van der Waals surface area contributed by atoms with Gasteiger partial charge in [-0.3, -0.25) is 19.2 Å². The van der Waals surface area contributed by atoms with Crippen LogP contribution >= 0.6 is 15.9 Å². The number of allylic oxidation sites excluding steroid dienone is 1. The Morgan fingerprint density at radius 1 is 1.09 bits per heavy atom. The van der Waals surface area contributed by atoms with Crippen molar-refractivity contribution in [2.45, 2.75) is 99.6 Å². The van der Waals surface area contributed by atoms with E-state index in [0.717, 1.165) is 24.8 Å². The zero-order valence-electron chi connectivity index (χ0n) is 31.1. The van der Waals surface area contributed by atoms with Crippen molar-refractivity contribution in [3.8, 4) is 0 Å². The minimum Gasteiger partial charge on any atom is -0.455 e. The van der Waals surface area contributed by atoms with E-state index in [1.54, 1.807) is 29.0 Å². The van der Waals surface area contributed by atoms with E-state index >= 15 is 0 Å². The smallest absolute Gasteiger partial charge is 0.313 e. The Labute approximate surface area is 322 Å². The molecule has 3 heterocycles. The molecule has 5 rings (SSSR count). The Kier molecular flexibility index (Phi) is 13.7. The molecule has 2 aromatic carbocycles. The Bertz CT molecular complexity index is 1610. The molecule has 3 aliphatic rings. The number of aliphatic hydroxyl groups excluding tert-OH is 1. The predicted molar refractivity (Wildman–Crippen MR) is 207 cm³/mol. The number of likely N-dealkylation sites (N-methyl/N-ethyl adjacent to an activating group) is 1. The third kappa shape index (κ3) is 8.17. The molecule has 1 spiro atoms. The van der Waals surface area contributed by atoms with E-state index in [0.29, 0.717) is 31.4 Å². The van der Waals surface area contributed by atoms with Crippen LogP contribution in [-0.4, -0.2) is 105 Å². The summed E-state index contributed by atoms with van der Waals surface area (Å²) < 4.78 is 13.2. The van der Waals surface area contributed by atoms with Crippen molar-refractivity contribution in [1.29, 1.82) is 0 Å². The lowest BCUT2D eigenvalue weighted by Gasteiger charge is -2.39. The van der Waals surface area contributed by atoms with E-state index in [2.05, 4.69) is 36.0 Å². The van der Waals surface area contributed by atoms with Gasteiger partial charge in [0.2, 0.25) is 17.7 Å². The number of aliphatic hydroxyl groups is 1. The lowest BCUT2D eigenvalue weighted by molar-refractivity contribution is -0.165. The van der Waals surface area contributed by atoms with Crippen molar-refractivity contribution in [2.24, 2.45) is 11.8 Å². The summed E-state index contributed by atoms with van der Waals surface area (Å²) in [5.41, 5.74) is 0.265. The summed E-state index contributed by atoms with van der Waals surface area (Å²) in [7, 11) is 1.69. The molecule has 11 heteroatoms. The second-order valence-electron chi connectivity index (χ2n) is 14.6. The predicted octanol–water partition coefficient (Wildman–Crippen LogP) is 5.64. The summed E-state index contributed by atoms with van der Waals surface area (Å²) in [6.07, 6.45) is 5.89. The molecule has 3 fully saturated rings. The van der Waals surface area contributed by atoms with Crippen LogP contribution in [0.2, 0.25) is 0 Å². The molecular formula is C42H54BrN3O7. The number of halogens is 1. The molecular weight excluding hydrogens is 738 g/mol. The molecule has 0 radical (unpaired) electrons. The summed E-state index contributed by atoms with van der Waals surface area (Å²) in [4.78, 5) is 62.1. The van der Waals surface area contributed by atoms with Gasteiger partial charge in [-0.05, 0) is 43.7 Å². The van der Waals surface area contributed by atoms with E-state index < -0.39 is 59.6 Å². The van der Waals surface area contributed by atoms with Crippen LogP contribution in [0.15, 0.2) is 86.0 Å². The SMILES string of the molecule is C=CCCC(=O)N(C)[C@@H](C)[C@@H](OC(=O)[C@@H]1[C@H]2O[C@@]3(CC2Br)[C@H](C(=O)N(CC=C)CCCCC)N([C@@H](CO)Cc2ccccc2)C(=O)[C@@H]13)c1ccccc1. The molecule has 3 aliphatic heterocycles. The van der Waals surface area contributed by atoms with Gasteiger partial charge in [-0.25, -0.2) is 0 Å². The van der Waals surface area contributed by atoms with Crippen molar-refractivity contribution >= 4 is 39.6 Å². The number of hydrogen-bond donors (Lipinski definition) is 1. The number of fused-ring (bicyclic) bond motifs is 1. The second-order valence-corrected chi connectivity index (χ2v) is 15.7. The first-order chi connectivity index (χ1) is 25.5. The van der Waals surface area contributed by atoms with E-state index in [1.165, 1.54) is 4.90 Å². The van der Waals surface area contributed by atoms with Crippen molar-refractivity contribution in [3.05, 3.63) is 97.1 Å². The van der Waals surface area contributed by atoms with Crippen LogP contribution in [0.1, 0.15) is 69.6 Å². The Morgan fingerprint density at radius 2 is 1.77 bits per heavy atom. The molecule has 1 N–H and O–H groups in total.